The third-order valence-corrected chi connectivity index (χ3v) is 1.68. The summed E-state index contributed by atoms with van der Waals surface area (Å²) in [6.07, 6.45) is -0.739. The molecule has 0 bridgehead atoms. The van der Waals surface area contributed by atoms with Crippen molar-refractivity contribution >= 4 is 35.1 Å². The number of halogens is 1. The fourth-order valence-electron chi connectivity index (χ4n) is 0.663. The van der Waals surface area contributed by atoms with E-state index in [1.807, 2.05) is 0 Å². The molecule has 6 heteroatoms. The first kappa shape index (κ1) is 11.5. The van der Waals surface area contributed by atoms with E-state index in [2.05, 4.69) is 8.38 Å². The van der Waals surface area contributed by atoms with E-state index >= 15 is 0 Å². The summed E-state index contributed by atoms with van der Waals surface area (Å²) in [4.78, 5) is 21.1. The predicted octanol–water partition coefficient (Wildman–Crippen LogP) is 1.17. The molecule has 0 fully saturated rings. The fourth-order valence-corrected chi connectivity index (χ4v) is 0.790. The maximum absolute atomic E-state index is 10.6. The van der Waals surface area contributed by atoms with Crippen LogP contribution in [-0.2, 0) is 7.86 Å². The minimum atomic E-state index is -1.06. The molecule has 12 heavy (non-hydrogen) atoms. The molecule has 0 rings (SSSR count). The van der Waals surface area contributed by atoms with E-state index in [1.165, 1.54) is 23.0 Å². The van der Waals surface area contributed by atoms with Gasteiger partial charge in [0.05, 0.1) is 0 Å². The monoisotopic (exact) mass is 287 g/mol. The van der Waals surface area contributed by atoms with Crippen molar-refractivity contribution in [3.8, 4) is 0 Å². The number of rotatable bonds is 3. The van der Waals surface area contributed by atoms with Crippen molar-refractivity contribution in [2.24, 2.45) is 5.92 Å². The molecule has 1 amide bonds. The molecular formula is C6H10INO4. The van der Waals surface area contributed by atoms with Crippen LogP contribution in [0, 0.1) is 5.92 Å². The molecule has 0 unspecified atom stereocenters. The smallest absolute Gasteiger partial charge is 0.417 e. The molecule has 0 aliphatic heterocycles. The Morgan fingerprint density at radius 3 is 2.25 bits per heavy atom. The van der Waals surface area contributed by atoms with E-state index in [-0.39, 0.29) is 5.92 Å². The minimum Gasteiger partial charge on any atom is -0.480 e. The summed E-state index contributed by atoms with van der Waals surface area (Å²) in [5.74, 6) is -1.23. The summed E-state index contributed by atoms with van der Waals surface area (Å²) in [6.45, 7) is 3.40. The van der Waals surface area contributed by atoms with E-state index in [0.717, 1.165) is 0 Å². The molecular weight excluding hydrogens is 277 g/mol. The predicted molar refractivity (Wildman–Crippen MR) is 49.9 cm³/mol. The van der Waals surface area contributed by atoms with Gasteiger partial charge in [-0.2, -0.15) is 0 Å². The Morgan fingerprint density at radius 2 is 2.00 bits per heavy atom. The topological polar surface area (TPSA) is 75.6 Å². The van der Waals surface area contributed by atoms with Gasteiger partial charge in [0.25, 0.3) is 0 Å². The summed E-state index contributed by atoms with van der Waals surface area (Å²) < 4.78 is 4.24. The van der Waals surface area contributed by atoms with Crippen LogP contribution >= 0.6 is 23.0 Å². The van der Waals surface area contributed by atoms with Crippen LogP contribution in [0.15, 0.2) is 0 Å². The van der Waals surface area contributed by atoms with Gasteiger partial charge in [0, 0.05) is 0 Å². The molecule has 5 nitrogen and oxygen atoms in total. The van der Waals surface area contributed by atoms with Gasteiger partial charge in [0.2, 0.25) is 0 Å². The second kappa shape index (κ2) is 5.18. The number of hydrogen-bond acceptors (Lipinski definition) is 3. The Labute approximate surface area is 84.2 Å². The van der Waals surface area contributed by atoms with Gasteiger partial charge in [-0.15, -0.1) is 0 Å². The van der Waals surface area contributed by atoms with Crippen molar-refractivity contribution in [1.29, 1.82) is 0 Å². The van der Waals surface area contributed by atoms with Crippen LogP contribution < -0.4 is 5.32 Å². The largest absolute Gasteiger partial charge is 0.480 e. The SMILES string of the molecule is CC(C)[C@H](NC(=O)OI)C(=O)O. The molecule has 0 radical (unpaired) electrons. The van der Waals surface area contributed by atoms with Crippen molar-refractivity contribution in [3.05, 3.63) is 0 Å². The van der Waals surface area contributed by atoms with Gasteiger partial charge in [-0.25, -0.2) is 9.59 Å². The molecule has 1 atom stereocenters. The second-order valence-electron chi connectivity index (χ2n) is 2.57. The summed E-state index contributed by atoms with van der Waals surface area (Å²) in [5.41, 5.74) is 0. The zero-order valence-electron chi connectivity index (χ0n) is 6.70. The Hall–Kier alpha value is -0.530. The normalized spacial score (nSPS) is 12.3. The van der Waals surface area contributed by atoms with Crippen LogP contribution in [0.2, 0.25) is 0 Å². The van der Waals surface area contributed by atoms with Crippen molar-refractivity contribution < 1.29 is 17.8 Å². The highest BCUT2D eigenvalue weighted by molar-refractivity contribution is 14.1. The summed E-state index contributed by atoms with van der Waals surface area (Å²) in [6, 6.07) is -0.896. The van der Waals surface area contributed by atoms with E-state index in [1.54, 1.807) is 13.8 Å². The Morgan fingerprint density at radius 1 is 1.50 bits per heavy atom. The van der Waals surface area contributed by atoms with Crippen LogP contribution in [0.4, 0.5) is 4.79 Å². The molecule has 70 valence electrons. The molecule has 0 saturated heterocycles. The van der Waals surface area contributed by atoms with Crippen molar-refractivity contribution in [2.45, 2.75) is 19.9 Å². The number of aliphatic carboxylic acids is 1. The summed E-state index contributed by atoms with van der Waals surface area (Å²) in [7, 11) is 0. The molecule has 0 saturated carbocycles. The quantitative estimate of drug-likeness (QED) is 0.764. The molecule has 0 spiro atoms. The summed E-state index contributed by atoms with van der Waals surface area (Å²) >= 11 is 1.39. The highest BCUT2D eigenvalue weighted by atomic mass is 127. The van der Waals surface area contributed by atoms with Crippen LogP contribution in [0.1, 0.15) is 13.8 Å². The maximum Gasteiger partial charge on any atom is 0.417 e. The number of carboxylic acid groups (broad SMARTS) is 1. The number of amides is 1. The van der Waals surface area contributed by atoms with Gasteiger partial charge in [0.15, 0.2) is 23.0 Å². The third-order valence-electron chi connectivity index (χ3n) is 1.28. The average Bonchev–Trinajstić information content (AvgIpc) is 1.98. The molecule has 0 aromatic rings. The van der Waals surface area contributed by atoms with E-state index in [0.29, 0.717) is 0 Å². The molecule has 0 heterocycles. The van der Waals surface area contributed by atoms with Gasteiger partial charge < -0.3 is 13.5 Å². The van der Waals surface area contributed by atoms with Crippen LogP contribution in [0.5, 0.6) is 0 Å². The molecule has 0 aliphatic carbocycles. The molecule has 2 N–H and O–H groups in total. The zero-order chi connectivity index (χ0) is 9.72. The van der Waals surface area contributed by atoms with E-state index in [4.69, 9.17) is 5.11 Å². The molecule has 0 aromatic heterocycles. The van der Waals surface area contributed by atoms with Gasteiger partial charge in [-0.3, -0.25) is 0 Å². The summed E-state index contributed by atoms with van der Waals surface area (Å²) in [5, 5.41) is 10.8. The molecule has 0 aromatic carbocycles. The first-order chi connectivity index (χ1) is 5.49. The van der Waals surface area contributed by atoms with Gasteiger partial charge in [0.1, 0.15) is 6.04 Å². The lowest BCUT2D eigenvalue weighted by Crippen LogP contribution is -2.43. The first-order valence-electron chi connectivity index (χ1n) is 3.31. The lowest BCUT2D eigenvalue weighted by molar-refractivity contribution is -0.140. The van der Waals surface area contributed by atoms with Crippen LogP contribution in [-0.4, -0.2) is 23.2 Å². The number of nitrogens with one attached hydrogen (secondary N) is 1. The number of hydrogen-bond donors (Lipinski definition) is 2. The highest BCUT2D eigenvalue weighted by Gasteiger charge is 2.23. The number of carbonyl (C=O) groups excluding carboxylic acids is 1. The fraction of sp³-hybridized carbons (Fsp3) is 0.667. The second-order valence-corrected chi connectivity index (χ2v) is 3.01. The lowest BCUT2D eigenvalue weighted by Gasteiger charge is -2.15. The average molecular weight is 287 g/mol. The zero-order valence-corrected chi connectivity index (χ0v) is 8.86. The Balaban J connectivity index is 4.14. The van der Waals surface area contributed by atoms with Crippen molar-refractivity contribution in [3.63, 3.8) is 0 Å². The van der Waals surface area contributed by atoms with Gasteiger partial charge in [-0.1, -0.05) is 13.8 Å². The Kier molecular flexibility index (Phi) is 4.95. The third kappa shape index (κ3) is 3.74. The lowest BCUT2D eigenvalue weighted by atomic mass is 10.1. The molecule has 0 aliphatic rings. The number of carbonyl (C=O) groups is 2. The van der Waals surface area contributed by atoms with Crippen molar-refractivity contribution in [2.75, 3.05) is 0 Å². The number of carboxylic acids is 1. The standard InChI is InChI=1S/C6H10INO4/c1-3(2)4(5(9)10)8-6(11)12-7/h3-4H,1-2H3,(H,8,11)(H,9,10)/t4-/m0/s1. The van der Waals surface area contributed by atoms with E-state index in [9.17, 15) is 9.59 Å². The first-order valence-corrected chi connectivity index (χ1v) is 4.19. The van der Waals surface area contributed by atoms with Crippen LogP contribution in [0.25, 0.3) is 0 Å². The van der Waals surface area contributed by atoms with Crippen molar-refractivity contribution in [1.82, 2.24) is 5.32 Å². The van der Waals surface area contributed by atoms with Gasteiger partial charge >= 0.3 is 12.1 Å². The Bertz CT molecular complexity index is 182. The highest BCUT2D eigenvalue weighted by Crippen LogP contribution is 2.02. The van der Waals surface area contributed by atoms with Gasteiger partial charge in [-0.05, 0) is 5.92 Å². The van der Waals surface area contributed by atoms with E-state index < -0.39 is 18.1 Å². The maximum atomic E-state index is 10.6. The minimum absolute atomic E-state index is 0.169. The van der Waals surface area contributed by atoms with Crippen LogP contribution in [0.3, 0.4) is 0 Å².